The molecule has 1 aromatic rings. The van der Waals surface area contributed by atoms with Crippen LogP contribution in [0, 0.1) is 12.3 Å². The minimum atomic E-state index is -0.343. The maximum Gasteiger partial charge on any atom is 0.175 e. The maximum absolute atomic E-state index is 11.8. The molecule has 0 aromatic heterocycles. The van der Waals surface area contributed by atoms with E-state index in [1.807, 2.05) is 39.8 Å². The van der Waals surface area contributed by atoms with Crippen LogP contribution in [0.4, 0.5) is 0 Å². The number of carbonyl (C=O) groups excluding carboxylic acids is 1. The number of carbonyl (C=O) groups is 1. The molecular weight excluding hydrogens is 224 g/mol. The standard InChI is InChI=1S/C16H24O2/c1-11(2)13-7-12(3)8-14(9-13)18-10-15(17)16(4,5)6/h7-9,11H,10H2,1-6H3. The first kappa shape index (κ1) is 14.7. The lowest BCUT2D eigenvalue weighted by Crippen LogP contribution is -2.26. The molecule has 0 fully saturated rings. The van der Waals surface area contributed by atoms with Crippen molar-refractivity contribution in [3.05, 3.63) is 29.3 Å². The molecule has 0 aliphatic heterocycles. The zero-order valence-electron chi connectivity index (χ0n) is 12.3. The van der Waals surface area contributed by atoms with Gasteiger partial charge in [0.25, 0.3) is 0 Å². The van der Waals surface area contributed by atoms with Crippen LogP contribution in [0.15, 0.2) is 18.2 Å². The molecule has 0 radical (unpaired) electrons. The second kappa shape index (κ2) is 5.55. The Morgan fingerprint density at radius 3 is 2.33 bits per heavy atom. The van der Waals surface area contributed by atoms with Crippen molar-refractivity contribution >= 4 is 5.78 Å². The Hall–Kier alpha value is -1.31. The summed E-state index contributed by atoms with van der Waals surface area (Å²) in [6, 6.07) is 6.15. The number of hydrogen-bond acceptors (Lipinski definition) is 2. The molecule has 1 rings (SSSR count). The van der Waals surface area contributed by atoms with Crippen molar-refractivity contribution < 1.29 is 9.53 Å². The van der Waals surface area contributed by atoms with Crippen molar-refractivity contribution in [3.63, 3.8) is 0 Å². The molecule has 100 valence electrons. The van der Waals surface area contributed by atoms with Gasteiger partial charge in [-0.05, 0) is 36.1 Å². The van der Waals surface area contributed by atoms with Crippen LogP contribution in [-0.4, -0.2) is 12.4 Å². The average Bonchev–Trinajstić information content (AvgIpc) is 2.23. The van der Waals surface area contributed by atoms with Crippen LogP contribution in [0.25, 0.3) is 0 Å². The van der Waals surface area contributed by atoms with Gasteiger partial charge >= 0.3 is 0 Å². The van der Waals surface area contributed by atoms with E-state index in [0.717, 1.165) is 5.75 Å². The highest BCUT2D eigenvalue weighted by atomic mass is 16.5. The molecule has 2 heteroatoms. The number of hydrogen-bond donors (Lipinski definition) is 0. The third-order valence-electron chi connectivity index (χ3n) is 2.95. The van der Waals surface area contributed by atoms with Gasteiger partial charge < -0.3 is 4.74 Å². The Kier molecular flexibility index (Phi) is 4.55. The van der Waals surface area contributed by atoms with Gasteiger partial charge in [-0.1, -0.05) is 40.7 Å². The third-order valence-corrected chi connectivity index (χ3v) is 2.95. The first-order chi connectivity index (χ1) is 8.20. The van der Waals surface area contributed by atoms with Crippen molar-refractivity contribution in [2.45, 2.75) is 47.5 Å². The topological polar surface area (TPSA) is 26.3 Å². The van der Waals surface area contributed by atoms with Crippen LogP contribution in [0.1, 0.15) is 51.7 Å². The van der Waals surface area contributed by atoms with E-state index in [9.17, 15) is 4.79 Å². The molecule has 1 aromatic carbocycles. The molecule has 0 aliphatic rings. The van der Waals surface area contributed by atoms with Crippen molar-refractivity contribution in [3.8, 4) is 5.75 Å². The highest BCUT2D eigenvalue weighted by Gasteiger charge is 2.21. The third kappa shape index (κ3) is 4.17. The van der Waals surface area contributed by atoms with E-state index in [0.29, 0.717) is 5.92 Å². The molecule has 0 bridgehead atoms. The zero-order chi connectivity index (χ0) is 13.9. The average molecular weight is 248 g/mol. The fraction of sp³-hybridized carbons (Fsp3) is 0.562. The van der Waals surface area contributed by atoms with Gasteiger partial charge in [0.2, 0.25) is 0 Å². The normalized spacial score (nSPS) is 11.7. The summed E-state index contributed by atoms with van der Waals surface area (Å²) in [6.45, 7) is 12.2. The van der Waals surface area contributed by atoms with Gasteiger partial charge in [0.15, 0.2) is 5.78 Å². The van der Waals surface area contributed by atoms with Crippen LogP contribution in [0.2, 0.25) is 0 Å². The van der Waals surface area contributed by atoms with Gasteiger partial charge in [-0.15, -0.1) is 0 Å². The van der Waals surface area contributed by atoms with Gasteiger partial charge in [-0.3, -0.25) is 4.79 Å². The number of ketones is 1. The van der Waals surface area contributed by atoms with Crippen LogP contribution < -0.4 is 4.74 Å². The predicted octanol–water partition coefficient (Wildman–Crippen LogP) is 4.11. The minimum absolute atomic E-state index is 0.120. The van der Waals surface area contributed by atoms with Crippen molar-refractivity contribution in [2.75, 3.05) is 6.61 Å². The van der Waals surface area contributed by atoms with E-state index in [1.54, 1.807) is 0 Å². The summed E-state index contributed by atoms with van der Waals surface area (Å²) in [5, 5.41) is 0. The van der Waals surface area contributed by atoms with Crippen molar-refractivity contribution in [1.29, 1.82) is 0 Å². The van der Waals surface area contributed by atoms with E-state index in [2.05, 4.69) is 19.9 Å². The highest BCUT2D eigenvalue weighted by Crippen LogP contribution is 2.23. The molecule has 0 aliphatic carbocycles. The second-order valence-electron chi connectivity index (χ2n) is 6.20. The second-order valence-corrected chi connectivity index (χ2v) is 6.20. The zero-order valence-corrected chi connectivity index (χ0v) is 12.3. The predicted molar refractivity (Wildman–Crippen MR) is 75.2 cm³/mol. The number of aryl methyl sites for hydroxylation is 1. The lowest BCUT2D eigenvalue weighted by atomic mass is 9.91. The molecule has 0 N–H and O–H groups in total. The summed E-state index contributed by atoms with van der Waals surface area (Å²) in [4.78, 5) is 11.8. The van der Waals surface area contributed by atoms with E-state index in [-0.39, 0.29) is 17.8 Å². The highest BCUT2D eigenvalue weighted by molar-refractivity contribution is 5.85. The molecule has 0 saturated heterocycles. The minimum Gasteiger partial charge on any atom is -0.486 e. The van der Waals surface area contributed by atoms with Gasteiger partial charge in [-0.25, -0.2) is 0 Å². The van der Waals surface area contributed by atoms with Crippen LogP contribution >= 0.6 is 0 Å². The molecule has 0 atom stereocenters. The summed E-state index contributed by atoms with van der Waals surface area (Å²) < 4.78 is 5.62. The summed E-state index contributed by atoms with van der Waals surface area (Å²) in [6.07, 6.45) is 0. The number of ether oxygens (including phenoxy) is 1. The first-order valence-electron chi connectivity index (χ1n) is 6.48. The van der Waals surface area contributed by atoms with Gasteiger partial charge in [-0.2, -0.15) is 0 Å². The van der Waals surface area contributed by atoms with E-state index < -0.39 is 0 Å². The van der Waals surface area contributed by atoms with E-state index in [4.69, 9.17) is 4.74 Å². The van der Waals surface area contributed by atoms with Crippen LogP contribution in [-0.2, 0) is 4.79 Å². The molecular formula is C16H24O2. The lowest BCUT2D eigenvalue weighted by molar-refractivity contribution is -0.128. The monoisotopic (exact) mass is 248 g/mol. The fourth-order valence-corrected chi connectivity index (χ4v) is 1.56. The number of benzene rings is 1. The molecule has 0 amide bonds. The van der Waals surface area contributed by atoms with Crippen molar-refractivity contribution in [1.82, 2.24) is 0 Å². The Labute approximate surface area is 110 Å². The smallest absolute Gasteiger partial charge is 0.175 e. The fourth-order valence-electron chi connectivity index (χ4n) is 1.56. The summed E-state index contributed by atoms with van der Waals surface area (Å²) in [5.41, 5.74) is 2.07. The molecule has 2 nitrogen and oxygen atoms in total. The largest absolute Gasteiger partial charge is 0.486 e. The Morgan fingerprint density at radius 1 is 1.22 bits per heavy atom. The van der Waals surface area contributed by atoms with E-state index >= 15 is 0 Å². The quantitative estimate of drug-likeness (QED) is 0.801. The number of rotatable bonds is 4. The van der Waals surface area contributed by atoms with Crippen molar-refractivity contribution in [2.24, 2.45) is 5.41 Å². The van der Waals surface area contributed by atoms with Crippen LogP contribution in [0.5, 0.6) is 5.75 Å². The Bertz CT molecular complexity index is 425. The van der Waals surface area contributed by atoms with E-state index in [1.165, 1.54) is 11.1 Å². The van der Waals surface area contributed by atoms with Crippen LogP contribution in [0.3, 0.4) is 0 Å². The molecule has 0 saturated carbocycles. The SMILES string of the molecule is Cc1cc(OCC(=O)C(C)(C)C)cc(C(C)C)c1. The van der Waals surface area contributed by atoms with Gasteiger partial charge in [0, 0.05) is 5.41 Å². The van der Waals surface area contributed by atoms with Gasteiger partial charge in [0.05, 0.1) is 0 Å². The molecule has 0 heterocycles. The molecule has 0 unspecified atom stereocenters. The Balaban J connectivity index is 2.77. The molecule has 0 spiro atoms. The van der Waals surface area contributed by atoms with Gasteiger partial charge in [0.1, 0.15) is 12.4 Å². The molecule has 18 heavy (non-hydrogen) atoms. The summed E-state index contributed by atoms with van der Waals surface area (Å²) in [5.74, 6) is 1.37. The summed E-state index contributed by atoms with van der Waals surface area (Å²) in [7, 11) is 0. The Morgan fingerprint density at radius 2 is 1.83 bits per heavy atom. The lowest BCUT2D eigenvalue weighted by Gasteiger charge is -2.17. The number of Topliss-reactive ketones (excluding diaryl/α,β-unsaturated/α-hetero) is 1. The maximum atomic E-state index is 11.8. The summed E-state index contributed by atoms with van der Waals surface area (Å²) >= 11 is 0. The first-order valence-corrected chi connectivity index (χ1v) is 6.48.